The number of hydrogen-bond acceptors (Lipinski definition) is 3. The summed E-state index contributed by atoms with van der Waals surface area (Å²) < 4.78 is 37.1. The number of halogens is 3. The molecule has 0 fully saturated rings. The van der Waals surface area contributed by atoms with Crippen molar-refractivity contribution in [1.82, 2.24) is 0 Å². The van der Waals surface area contributed by atoms with Crippen LogP contribution in [0.1, 0.15) is 18.4 Å². The first-order valence-electron chi connectivity index (χ1n) is 5.65. The van der Waals surface area contributed by atoms with Crippen molar-refractivity contribution >= 4 is 17.6 Å². The third-order valence-electron chi connectivity index (χ3n) is 2.53. The largest absolute Gasteiger partial charge is 0.480 e. The van der Waals surface area contributed by atoms with Gasteiger partial charge in [-0.1, -0.05) is 0 Å². The van der Waals surface area contributed by atoms with Crippen molar-refractivity contribution in [3.05, 3.63) is 29.8 Å². The highest BCUT2D eigenvalue weighted by atomic mass is 19.4. The molecule has 1 amide bonds. The molecule has 20 heavy (non-hydrogen) atoms. The monoisotopic (exact) mass is 290 g/mol. The first kappa shape index (κ1) is 15.8. The van der Waals surface area contributed by atoms with E-state index in [1.54, 1.807) is 0 Å². The lowest BCUT2D eigenvalue weighted by Crippen LogP contribution is -2.30. The Balaban J connectivity index is 2.74. The summed E-state index contributed by atoms with van der Waals surface area (Å²) in [5.41, 5.74) is 4.31. The second-order valence-corrected chi connectivity index (χ2v) is 4.12. The number of amides is 1. The number of primary amides is 1. The van der Waals surface area contributed by atoms with Crippen LogP contribution >= 0.6 is 0 Å². The van der Waals surface area contributed by atoms with E-state index >= 15 is 0 Å². The predicted molar refractivity (Wildman–Crippen MR) is 64.9 cm³/mol. The Morgan fingerprint density at radius 3 is 2.20 bits per heavy atom. The van der Waals surface area contributed by atoms with Crippen molar-refractivity contribution in [1.29, 1.82) is 0 Å². The van der Waals surface area contributed by atoms with Gasteiger partial charge < -0.3 is 16.2 Å². The van der Waals surface area contributed by atoms with Crippen molar-refractivity contribution in [3.63, 3.8) is 0 Å². The SMILES string of the molecule is NC(=O)CC[C@H](Nc1ccc(C(F)(F)F)cc1)C(=O)O. The van der Waals surface area contributed by atoms with Gasteiger partial charge in [0.25, 0.3) is 0 Å². The summed E-state index contributed by atoms with van der Waals surface area (Å²) in [5, 5.41) is 11.5. The molecular formula is C12H13F3N2O3. The molecule has 0 aromatic heterocycles. The number of alkyl halides is 3. The van der Waals surface area contributed by atoms with Crippen molar-refractivity contribution in [2.24, 2.45) is 5.73 Å². The van der Waals surface area contributed by atoms with E-state index in [9.17, 15) is 22.8 Å². The molecule has 0 unspecified atom stereocenters. The van der Waals surface area contributed by atoms with Crippen molar-refractivity contribution in [2.75, 3.05) is 5.32 Å². The van der Waals surface area contributed by atoms with Gasteiger partial charge in [0.2, 0.25) is 5.91 Å². The molecule has 0 aliphatic rings. The van der Waals surface area contributed by atoms with Gasteiger partial charge in [0.15, 0.2) is 0 Å². The molecule has 110 valence electrons. The Kier molecular flexibility index (Phi) is 4.95. The summed E-state index contributed by atoms with van der Waals surface area (Å²) in [6, 6.07) is 2.84. The van der Waals surface area contributed by atoms with Crippen LogP contribution < -0.4 is 11.1 Å². The quantitative estimate of drug-likeness (QED) is 0.745. The van der Waals surface area contributed by atoms with E-state index in [2.05, 4.69) is 5.32 Å². The van der Waals surface area contributed by atoms with Gasteiger partial charge in [-0.25, -0.2) is 4.79 Å². The molecule has 5 nitrogen and oxygen atoms in total. The molecule has 1 aromatic carbocycles. The van der Waals surface area contributed by atoms with Gasteiger partial charge in [-0.2, -0.15) is 13.2 Å². The van der Waals surface area contributed by atoms with E-state index < -0.39 is 29.7 Å². The molecule has 0 saturated heterocycles. The molecule has 0 spiro atoms. The zero-order valence-corrected chi connectivity index (χ0v) is 10.3. The lowest BCUT2D eigenvalue weighted by Gasteiger charge is -2.15. The molecule has 0 radical (unpaired) electrons. The Labute approximate surface area is 112 Å². The van der Waals surface area contributed by atoms with Crippen LogP contribution in [0.15, 0.2) is 24.3 Å². The van der Waals surface area contributed by atoms with E-state index in [1.807, 2.05) is 0 Å². The Bertz CT molecular complexity index is 486. The molecule has 1 rings (SSSR count). The van der Waals surface area contributed by atoms with Gasteiger partial charge in [-0.05, 0) is 30.7 Å². The van der Waals surface area contributed by atoms with E-state index in [0.717, 1.165) is 24.3 Å². The minimum atomic E-state index is -4.45. The number of rotatable bonds is 6. The first-order chi connectivity index (χ1) is 9.20. The van der Waals surface area contributed by atoms with Crippen LogP contribution in [0.5, 0.6) is 0 Å². The molecule has 1 atom stereocenters. The number of benzene rings is 1. The van der Waals surface area contributed by atoms with E-state index in [4.69, 9.17) is 10.8 Å². The van der Waals surface area contributed by atoms with Gasteiger partial charge >= 0.3 is 12.1 Å². The van der Waals surface area contributed by atoms with Crippen molar-refractivity contribution in [2.45, 2.75) is 25.1 Å². The summed E-state index contributed by atoms with van der Waals surface area (Å²) in [7, 11) is 0. The number of nitrogens with two attached hydrogens (primary N) is 1. The van der Waals surface area contributed by atoms with Crippen LogP contribution in [-0.2, 0) is 15.8 Å². The third-order valence-corrected chi connectivity index (χ3v) is 2.53. The van der Waals surface area contributed by atoms with Crippen LogP contribution in [-0.4, -0.2) is 23.0 Å². The average Bonchev–Trinajstić information content (AvgIpc) is 2.33. The second kappa shape index (κ2) is 6.27. The Morgan fingerprint density at radius 2 is 1.80 bits per heavy atom. The maximum Gasteiger partial charge on any atom is 0.416 e. The summed E-state index contributed by atoms with van der Waals surface area (Å²) in [6.45, 7) is 0. The van der Waals surface area contributed by atoms with E-state index in [-0.39, 0.29) is 18.5 Å². The minimum Gasteiger partial charge on any atom is -0.480 e. The van der Waals surface area contributed by atoms with Crippen molar-refractivity contribution < 1.29 is 27.9 Å². The summed E-state index contributed by atoms with van der Waals surface area (Å²) in [5.74, 6) is -1.86. The number of carbonyl (C=O) groups excluding carboxylic acids is 1. The maximum absolute atomic E-state index is 12.4. The Morgan fingerprint density at radius 1 is 1.25 bits per heavy atom. The topological polar surface area (TPSA) is 92.4 Å². The molecule has 1 aromatic rings. The molecule has 0 aliphatic carbocycles. The third kappa shape index (κ3) is 4.79. The fraction of sp³-hybridized carbons (Fsp3) is 0.333. The first-order valence-corrected chi connectivity index (χ1v) is 5.65. The fourth-order valence-corrected chi connectivity index (χ4v) is 1.50. The zero-order valence-electron chi connectivity index (χ0n) is 10.3. The van der Waals surface area contributed by atoms with Gasteiger partial charge in [-0.15, -0.1) is 0 Å². The number of hydrogen-bond donors (Lipinski definition) is 3. The standard InChI is InChI=1S/C12H13F3N2O3/c13-12(14,15)7-1-3-8(4-2-7)17-9(11(19)20)5-6-10(16)18/h1-4,9,17H,5-6H2,(H2,16,18)(H,19,20)/t9-/m0/s1. The number of carboxylic acids is 1. The van der Waals surface area contributed by atoms with Gasteiger partial charge in [0, 0.05) is 12.1 Å². The van der Waals surface area contributed by atoms with Crippen LogP contribution in [0.25, 0.3) is 0 Å². The highest BCUT2D eigenvalue weighted by Crippen LogP contribution is 2.29. The number of carbonyl (C=O) groups is 2. The lowest BCUT2D eigenvalue weighted by atomic mass is 10.1. The Hall–Kier alpha value is -2.25. The van der Waals surface area contributed by atoms with Crippen molar-refractivity contribution in [3.8, 4) is 0 Å². The molecule has 8 heteroatoms. The molecule has 0 heterocycles. The van der Waals surface area contributed by atoms with Gasteiger partial charge in [0.05, 0.1) is 5.56 Å². The summed E-state index contributed by atoms with van der Waals surface area (Å²) in [6.07, 6.45) is -4.63. The van der Waals surface area contributed by atoms with Gasteiger partial charge in [-0.3, -0.25) is 4.79 Å². The normalized spacial score (nSPS) is 12.8. The van der Waals surface area contributed by atoms with Crippen LogP contribution in [0.2, 0.25) is 0 Å². The molecule has 4 N–H and O–H groups in total. The molecule has 0 bridgehead atoms. The second-order valence-electron chi connectivity index (χ2n) is 4.12. The highest BCUT2D eigenvalue weighted by Gasteiger charge is 2.30. The number of carboxylic acid groups (broad SMARTS) is 1. The lowest BCUT2D eigenvalue weighted by molar-refractivity contribution is -0.139. The number of aliphatic carboxylic acids is 1. The van der Waals surface area contributed by atoms with E-state index in [1.165, 1.54) is 0 Å². The smallest absolute Gasteiger partial charge is 0.416 e. The van der Waals surface area contributed by atoms with E-state index in [0.29, 0.717) is 0 Å². The molecule has 0 saturated carbocycles. The minimum absolute atomic E-state index is 0.0499. The van der Waals surface area contributed by atoms with Gasteiger partial charge in [0.1, 0.15) is 6.04 Å². The number of nitrogens with one attached hydrogen (secondary N) is 1. The highest BCUT2D eigenvalue weighted by molar-refractivity contribution is 5.79. The maximum atomic E-state index is 12.4. The zero-order chi connectivity index (χ0) is 15.3. The average molecular weight is 290 g/mol. The predicted octanol–water partition coefficient (Wildman–Crippen LogP) is 1.84. The summed E-state index contributed by atoms with van der Waals surface area (Å²) in [4.78, 5) is 21.6. The summed E-state index contributed by atoms with van der Waals surface area (Å²) >= 11 is 0. The molecular weight excluding hydrogens is 277 g/mol. The van der Waals surface area contributed by atoms with Crippen LogP contribution in [0, 0.1) is 0 Å². The number of anilines is 1. The van der Waals surface area contributed by atoms with Crippen LogP contribution in [0.3, 0.4) is 0 Å². The molecule has 0 aliphatic heterocycles. The van der Waals surface area contributed by atoms with Crippen LogP contribution in [0.4, 0.5) is 18.9 Å². The fourth-order valence-electron chi connectivity index (χ4n) is 1.50.